The van der Waals surface area contributed by atoms with Crippen molar-refractivity contribution >= 4 is 50.6 Å². The molecule has 11 heteroatoms. The van der Waals surface area contributed by atoms with E-state index in [2.05, 4.69) is 0 Å². The van der Waals surface area contributed by atoms with Gasteiger partial charge in [0.2, 0.25) is 12.5 Å². The van der Waals surface area contributed by atoms with Gasteiger partial charge < -0.3 is 19.7 Å². The molecule has 9 nitrogen and oxygen atoms in total. The monoisotopic (exact) mass is 389 g/mol. The molecule has 1 aromatic carbocycles. The minimum absolute atomic E-state index is 0.0137. The van der Waals surface area contributed by atoms with Crippen LogP contribution < -0.4 is 0 Å². The molecule has 0 spiro atoms. The summed E-state index contributed by atoms with van der Waals surface area (Å²) in [7, 11) is 0. The SMILES string of the molecule is CC(C)C(=O)OCOC(=O)c1sc2c([N+](=O)[O-])c(O)c(O)cc2c1Cl. The van der Waals surface area contributed by atoms with E-state index in [1.165, 1.54) is 0 Å². The molecule has 0 atom stereocenters. The molecule has 0 radical (unpaired) electrons. The number of esters is 2. The van der Waals surface area contributed by atoms with Crippen LogP contribution in [0, 0.1) is 16.0 Å². The van der Waals surface area contributed by atoms with Crippen LogP contribution in [0.15, 0.2) is 6.07 Å². The molecule has 0 saturated carbocycles. The number of hydrogen-bond donors (Lipinski definition) is 2. The number of nitro benzene ring substituents is 1. The molecule has 0 aliphatic rings. The van der Waals surface area contributed by atoms with Gasteiger partial charge in [-0.05, 0) is 6.07 Å². The summed E-state index contributed by atoms with van der Waals surface area (Å²) in [5.41, 5.74) is -0.771. The smallest absolute Gasteiger partial charge is 0.352 e. The Labute approximate surface area is 149 Å². The zero-order valence-corrected chi connectivity index (χ0v) is 14.5. The number of thiophene rings is 1. The van der Waals surface area contributed by atoms with Crippen LogP contribution in [0.2, 0.25) is 5.02 Å². The highest BCUT2D eigenvalue weighted by molar-refractivity contribution is 7.22. The van der Waals surface area contributed by atoms with Crippen LogP contribution in [0.4, 0.5) is 5.69 Å². The molecule has 1 aromatic heterocycles. The number of hydrogen-bond acceptors (Lipinski definition) is 9. The predicted octanol–water partition coefficient (Wildman–Crippen LogP) is 3.19. The number of fused-ring (bicyclic) bond motifs is 1. The first-order chi connectivity index (χ1) is 11.6. The van der Waals surface area contributed by atoms with Crippen molar-refractivity contribution in [3.8, 4) is 11.5 Å². The Balaban J connectivity index is 2.35. The number of nitro groups is 1. The topological polar surface area (TPSA) is 136 Å². The summed E-state index contributed by atoms with van der Waals surface area (Å²) in [6.45, 7) is 2.56. The number of benzene rings is 1. The van der Waals surface area contributed by atoms with Crippen LogP contribution in [-0.2, 0) is 14.3 Å². The number of aromatic hydroxyl groups is 2. The minimum atomic E-state index is -0.962. The van der Waals surface area contributed by atoms with E-state index in [9.17, 15) is 29.9 Å². The largest absolute Gasteiger partial charge is 0.504 e. The Bertz CT molecular complexity index is 876. The van der Waals surface area contributed by atoms with Gasteiger partial charge in [0.15, 0.2) is 5.75 Å². The van der Waals surface area contributed by atoms with Crippen LogP contribution in [0.25, 0.3) is 10.1 Å². The maximum Gasteiger partial charge on any atom is 0.352 e. The molecule has 0 fully saturated rings. The summed E-state index contributed by atoms with van der Waals surface area (Å²) < 4.78 is 9.37. The normalized spacial score (nSPS) is 10.9. The summed E-state index contributed by atoms with van der Waals surface area (Å²) in [4.78, 5) is 33.4. The standard InChI is InChI=1S/C14H12ClNO8S/c1-5(2)13(19)23-4-24-14(20)12-8(15)6-3-7(17)10(18)9(16(21)22)11(6)25-12/h3,5,17-18H,4H2,1-2H3. The molecule has 2 aromatic rings. The Morgan fingerprint density at radius 1 is 1.36 bits per heavy atom. The Hall–Kier alpha value is -2.59. The van der Waals surface area contributed by atoms with Crippen LogP contribution in [0.1, 0.15) is 23.5 Å². The van der Waals surface area contributed by atoms with Crippen LogP contribution in [-0.4, -0.2) is 33.9 Å². The van der Waals surface area contributed by atoms with E-state index in [0.717, 1.165) is 6.07 Å². The van der Waals surface area contributed by atoms with Gasteiger partial charge >= 0.3 is 17.6 Å². The highest BCUT2D eigenvalue weighted by Crippen LogP contribution is 2.48. The first-order valence-corrected chi connectivity index (χ1v) is 7.99. The predicted molar refractivity (Wildman–Crippen MR) is 88.0 cm³/mol. The lowest BCUT2D eigenvalue weighted by Gasteiger charge is -2.07. The third kappa shape index (κ3) is 3.59. The van der Waals surface area contributed by atoms with E-state index in [4.69, 9.17) is 21.1 Å². The van der Waals surface area contributed by atoms with E-state index in [1.807, 2.05) is 0 Å². The van der Waals surface area contributed by atoms with Gasteiger partial charge in [-0.2, -0.15) is 0 Å². The van der Waals surface area contributed by atoms with Gasteiger partial charge in [-0.25, -0.2) is 4.79 Å². The summed E-state index contributed by atoms with van der Waals surface area (Å²) >= 11 is 6.65. The van der Waals surface area contributed by atoms with Gasteiger partial charge in [-0.15, -0.1) is 11.3 Å². The average Bonchev–Trinajstić information content (AvgIpc) is 2.84. The highest BCUT2D eigenvalue weighted by Gasteiger charge is 2.29. The van der Waals surface area contributed by atoms with E-state index in [1.54, 1.807) is 13.8 Å². The van der Waals surface area contributed by atoms with Crippen LogP contribution in [0.3, 0.4) is 0 Å². The van der Waals surface area contributed by atoms with Gasteiger partial charge in [0.05, 0.1) is 15.9 Å². The van der Waals surface area contributed by atoms with Crippen molar-refractivity contribution in [1.82, 2.24) is 0 Å². The van der Waals surface area contributed by atoms with E-state index < -0.39 is 46.8 Å². The zero-order valence-electron chi connectivity index (χ0n) is 12.9. The van der Waals surface area contributed by atoms with Crippen molar-refractivity contribution in [2.75, 3.05) is 6.79 Å². The van der Waals surface area contributed by atoms with E-state index >= 15 is 0 Å². The number of phenols is 2. The van der Waals surface area contributed by atoms with Crippen molar-refractivity contribution in [2.24, 2.45) is 5.92 Å². The average molecular weight is 390 g/mol. The van der Waals surface area contributed by atoms with Gasteiger partial charge in [0.1, 0.15) is 9.58 Å². The van der Waals surface area contributed by atoms with Gasteiger partial charge in [-0.1, -0.05) is 25.4 Å². The molecule has 2 rings (SSSR count). The van der Waals surface area contributed by atoms with Crippen molar-refractivity contribution in [3.05, 3.63) is 26.1 Å². The first-order valence-electron chi connectivity index (χ1n) is 6.80. The van der Waals surface area contributed by atoms with Crippen molar-refractivity contribution < 1.29 is 34.2 Å². The van der Waals surface area contributed by atoms with Crippen LogP contribution >= 0.6 is 22.9 Å². The van der Waals surface area contributed by atoms with Gasteiger partial charge in [-0.3, -0.25) is 14.9 Å². The molecule has 0 aliphatic heterocycles. The second-order valence-electron chi connectivity index (χ2n) is 5.14. The minimum Gasteiger partial charge on any atom is -0.504 e. The molecular formula is C14H12ClNO8S. The number of halogens is 1. The lowest BCUT2D eigenvalue weighted by Crippen LogP contribution is -2.16. The number of rotatable bonds is 5. The Morgan fingerprint density at radius 2 is 2.00 bits per heavy atom. The van der Waals surface area contributed by atoms with Crippen molar-refractivity contribution in [1.29, 1.82) is 0 Å². The molecule has 1 heterocycles. The summed E-state index contributed by atoms with van der Waals surface area (Å²) in [6, 6.07) is 1.01. The fraction of sp³-hybridized carbons (Fsp3) is 0.286. The van der Waals surface area contributed by atoms with Gasteiger partial charge in [0, 0.05) is 5.39 Å². The molecule has 0 aliphatic carbocycles. The Morgan fingerprint density at radius 3 is 2.56 bits per heavy atom. The summed E-state index contributed by atoms with van der Waals surface area (Å²) in [5, 5.41) is 30.2. The molecule has 0 saturated heterocycles. The van der Waals surface area contributed by atoms with Gasteiger partial charge in [0.25, 0.3) is 0 Å². The Kier molecular flexibility index (Phi) is 5.33. The maximum atomic E-state index is 12.1. The fourth-order valence-electron chi connectivity index (χ4n) is 1.84. The molecule has 25 heavy (non-hydrogen) atoms. The molecule has 2 N–H and O–H groups in total. The third-order valence-corrected chi connectivity index (χ3v) is 4.78. The lowest BCUT2D eigenvalue weighted by atomic mass is 10.2. The molecule has 0 unspecified atom stereocenters. The number of ether oxygens (including phenoxy) is 2. The second kappa shape index (κ2) is 7.11. The van der Waals surface area contributed by atoms with Crippen molar-refractivity contribution in [3.63, 3.8) is 0 Å². The van der Waals surface area contributed by atoms with Crippen LogP contribution in [0.5, 0.6) is 11.5 Å². The molecule has 0 bridgehead atoms. The summed E-state index contributed by atoms with van der Waals surface area (Å²) in [5.74, 6) is -3.61. The lowest BCUT2D eigenvalue weighted by molar-refractivity contribution is -0.383. The number of carbonyl (C=O) groups is 2. The van der Waals surface area contributed by atoms with E-state index in [-0.39, 0.29) is 20.0 Å². The molecular weight excluding hydrogens is 378 g/mol. The van der Waals surface area contributed by atoms with Crippen molar-refractivity contribution in [2.45, 2.75) is 13.8 Å². The highest BCUT2D eigenvalue weighted by atomic mass is 35.5. The van der Waals surface area contributed by atoms with E-state index in [0.29, 0.717) is 11.3 Å². The zero-order chi connectivity index (χ0) is 18.9. The number of nitrogens with zero attached hydrogens (tertiary/aromatic N) is 1. The second-order valence-corrected chi connectivity index (χ2v) is 6.54. The fourth-order valence-corrected chi connectivity index (χ4v) is 3.32. The quantitative estimate of drug-likeness (QED) is 0.261. The third-order valence-electron chi connectivity index (χ3n) is 3.08. The first kappa shape index (κ1) is 18.7. The molecule has 134 valence electrons. The molecule has 0 amide bonds. The number of phenolic OH excluding ortho intramolecular Hbond substituents is 2. The maximum absolute atomic E-state index is 12.1. The number of carbonyl (C=O) groups excluding carboxylic acids is 2. The summed E-state index contributed by atoms with van der Waals surface area (Å²) in [6.07, 6.45) is 0.